The van der Waals surface area contributed by atoms with Crippen molar-refractivity contribution < 1.29 is 22.7 Å². The molecule has 0 aliphatic carbocycles. The molecule has 27 heavy (non-hydrogen) atoms. The summed E-state index contributed by atoms with van der Waals surface area (Å²) in [5.74, 6) is 1.20. The molecule has 1 N–H and O–H groups in total. The number of benzene rings is 2. The number of ether oxygens (including phenoxy) is 2. The molecule has 2 aromatic rings. The SMILES string of the molecule is COc1ccc(N2C[C@H](CNS(=O)(=O)c3ccc(OC)cc3)CC2=O)cc1. The molecule has 0 radical (unpaired) electrons. The summed E-state index contributed by atoms with van der Waals surface area (Å²) in [6, 6.07) is 13.4. The summed E-state index contributed by atoms with van der Waals surface area (Å²) in [7, 11) is -0.528. The third kappa shape index (κ3) is 4.40. The fraction of sp³-hybridized carbons (Fsp3) is 0.316. The zero-order valence-corrected chi connectivity index (χ0v) is 16.0. The first-order valence-electron chi connectivity index (χ1n) is 8.51. The average molecular weight is 390 g/mol. The monoisotopic (exact) mass is 390 g/mol. The van der Waals surface area contributed by atoms with Crippen molar-refractivity contribution in [2.24, 2.45) is 5.92 Å². The Bertz CT molecular complexity index is 895. The number of nitrogens with one attached hydrogen (secondary N) is 1. The quantitative estimate of drug-likeness (QED) is 0.782. The lowest BCUT2D eigenvalue weighted by Crippen LogP contribution is -2.31. The minimum atomic E-state index is -3.63. The molecule has 1 saturated heterocycles. The Hall–Kier alpha value is -2.58. The summed E-state index contributed by atoms with van der Waals surface area (Å²) in [6.45, 7) is 0.670. The maximum absolute atomic E-state index is 12.4. The van der Waals surface area contributed by atoms with E-state index in [0.29, 0.717) is 24.5 Å². The van der Waals surface area contributed by atoms with E-state index < -0.39 is 10.0 Å². The lowest BCUT2D eigenvalue weighted by molar-refractivity contribution is -0.117. The topological polar surface area (TPSA) is 84.9 Å². The molecule has 1 aliphatic rings. The minimum absolute atomic E-state index is 0.0196. The Labute approximate surface area is 158 Å². The zero-order chi connectivity index (χ0) is 19.4. The zero-order valence-electron chi connectivity index (χ0n) is 15.2. The molecule has 1 aliphatic heterocycles. The smallest absolute Gasteiger partial charge is 0.240 e. The number of nitrogens with zero attached hydrogens (tertiary/aromatic N) is 1. The number of hydrogen-bond donors (Lipinski definition) is 1. The van der Waals surface area contributed by atoms with E-state index >= 15 is 0 Å². The number of methoxy groups -OCH3 is 2. The van der Waals surface area contributed by atoms with Crippen LogP contribution in [0, 0.1) is 5.92 Å². The van der Waals surface area contributed by atoms with E-state index in [1.807, 2.05) is 12.1 Å². The number of carbonyl (C=O) groups excluding carboxylic acids is 1. The van der Waals surface area contributed by atoms with Crippen LogP contribution >= 0.6 is 0 Å². The van der Waals surface area contributed by atoms with Crippen LogP contribution in [-0.4, -0.2) is 41.6 Å². The van der Waals surface area contributed by atoms with Gasteiger partial charge in [-0.1, -0.05) is 0 Å². The first-order chi connectivity index (χ1) is 12.9. The fourth-order valence-corrected chi connectivity index (χ4v) is 4.11. The highest BCUT2D eigenvalue weighted by atomic mass is 32.2. The molecule has 1 atom stereocenters. The molecular formula is C19H22N2O5S. The Morgan fingerprint density at radius 3 is 2.11 bits per heavy atom. The number of rotatable bonds is 7. The van der Waals surface area contributed by atoms with Gasteiger partial charge in [-0.3, -0.25) is 4.79 Å². The molecular weight excluding hydrogens is 368 g/mol. The predicted octanol–water partition coefficient (Wildman–Crippen LogP) is 2.04. The highest BCUT2D eigenvalue weighted by Crippen LogP contribution is 2.27. The van der Waals surface area contributed by atoms with Crippen LogP contribution in [0.3, 0.4) is 0 Å². The van der Waals surface area contributed by atoms with Gasteiger partial charge in [-0.25, -0.2) is 13.1 Å². The van der Waals surface area contributed by atoms with Crippen LogP contribution in [0.2, 0.25) is 0 Å². The van der Waals surface area contributed by atoms with Crippen LogP contribution in [0.15, 0.2) is 53.4 Å². The Balaban J connectivity index is 1.62. The number of hydrogen-bond acceptors (Lipinski definition) is 5. The highest BCUT2D eigenvalue weighted by Gasteiger charge is 2.31. The van der Waals surface area contributed by atoms with E-state index in [0.717, 1.165) is 5.69 Å². The van der Waals surface area contributed by atoms with Crippen molar-refractivity contribution in [1.29, 1.82) is 0 Å². The van der Waals surface area contributed by atoms with Gasteiger partial charge in [0.1, 0.15) is 11.5 Å². The molecule has 0 bridgehead atoms. The second-order valence-electron chi connectivity index (χ2n) is 6.30. The van der Waals surface area contributed by atoms with Gasteiger partial charge in [0.05, 0.1) is 19.1 Å². The van der Waals surface area contributed by atoms with Gasteiger partial charge in [-0.15, -0.1) is 0 Å². The molecule has 8 heteroatoms. The number of carbonyl (C=O) groups is 1. The van der Waals surface area contributed by atoms with Gasteiger partial charge in [0.2, 0.25) is 15.9 Å². The van der Waals surface area contributed by atoms with E-state index in [4.69, 9.17) is 9.47 Å². The van der Waals surface area contributed by atoms with Crippen molar-refractivity contribution in [2.45, 2.75) is 11.3 Å². The summed E-state index contributed by atoms with van der Waals surface area (Å²) in [5.41, 5.74) is 0.779. The number of anilines is 1. The van der Waals surface area contributed by atoms with Crippen LogP contribution in [0.5, 0.6) is 11.5 Å². The number of sulfonamides is 1. The van der Waals surface area contributed by atoms with E-state index in [1.165, 1.54) is 19.2 Å². The first kappa shape index (κ1) is 19.2. The van der Waals surface area contributed by atoms with E-state index in [2.05, 4.69) is 4.72 Å². The molecule has 1 fully saturated rings. The first-order valence-corrected chi connectivity index (χ1v) is 9.99. The van der Waals surface area contributed by atoms with Crippen molar-refractivity contribution in [3.8, 4) is 11.5 Å². The van der Waals surface area contributed by atoms with Gasteiger partial charge in [-0.05, 0) is 54.4 Å². The normalized spacial score (nSPS) is 17.2. The largest absolute Gasteiger partial charge is 0.497 e. The third-order valence-corrected chi connectivity index (χ3v) is 5.96. The molecule has 0 unspecified atom stereocenters. The van der Waals surface area contributed by atoms with Crippen molar-refractivity contribution in [3.63, 3.8) is 0 Å². The summed E-state index contributed by atoms with van der Waals surface area (Å²) >= 11 is 0. The molecule has 0 aromatic heterocycles. The van der Waals surface area contributed by atoms with Gasteiger partial charge < -0.3 is 14.4 Å². The second-order valence-corrected chi connectivity index (χ2v) is 8.07. The summed E-state index contributed by atoms with van der Waals surface area (Å²) in [6.07, 6.45) is 0.303. The van der Waals surface area contributed by atoms with Crippen LogP contribution in [0.1, 0.15) is 6.42 Å². The summed E-state index contributed by atoms with van der Waals surface area (Å²) in [5, 5.41) is 0. The molecule has 144 valence electrons. The Morgan fingerprint density at radius 1 is 1.00 bits per heavy atom. The molecule has 2 aromatic carbocycles. The van der Waals surface area contributed by atoms with E-state index in [1.54, 1.807) is 36.3 Å². The van der Waals surface area contributed by atoms with Crippen molar-refractivity contribution >= 4 is 21.6 Å². The molecule has 7 nitrogen and oxygen atoms in total. The Kier molecular flexibility index (Phi) is 5.67. The fourth-order valence-electron chi connectivity index (χ4n) is 3.00. The second kappa shape index (κ2) is 7.98. The molecule has 1 heterocycles. The van der Waals surface area contributed by atoms with Crippen molar-refractivity contribution in [2.75, 3.05) is 32.2 Å². The average Bonchev–Trinajstić information content (AvgIpc) is 3.07. The molecule has 1 amide bonds. The van der Waals surface area contributed by atoms with Gasteiger partial charge in [0.15, 0.2) is 0 Å². The van der Waals surface area contributed by atoms with Crippen LogP contribution in [0.4, 0.5) is 5.69 Å². The number of amides is 1. The maximum atomic E-state index is 12.4. The van der Waals surface area contributed by atoms with E-state index in [-0.39, 0.29) is 23.3 Å². The Morgan fingerprint density at radius 2 is 1.56 bits per heavy atom. The molecule has 0 saturated carbocycles. The lowest BCUT2D eigenvalue weighted by Gasteiger charge is -2.17. The summed E-state index contributed by atoms with van der Waals surface area (Å²) < 4.78 is 37.6. The minimum Gasteiger partial charge on any atom is -0.497 e. The summed E-state index contributed by atoms with van der Waals surface area (Å²) in [4.78, 5) is 14.1. The highest BCUT2D eigenvalue weighted by molar-refractivity contribution is 7.89. The van der Waals surface area contributed by atoms with E-state index in [9.17, 15) is 13.2 Å². The maximum Gasteiger partial charge on any atom is 0.240 e. The van der Waals surface area contributed by atoms with Crippen molar-refractivity contribution in [3.05, 3.63) is 48.5 Å². The predicted molar refractivity (Wildman–Crippen MR) is 102 cm³/mol. The van der Waals surface area contributed by atoms with Gasteiger partial charge in [0, 0.05) is 25.2 Å². The van der Waals surface area contributed by atoms with Gasteiger partial charge in [0.25, 0.3) is 0 Å². The van der Waals surface area contributed by atoms with Crippen LogP contribution in [0.25, 0.3) is 0 Å². The van der Waals surface area contributed by atoms with Crippen LogP contribution < -0.4 is 19.1 Å². The van der Waals surface area contributed by atoms with Crippen LogP contribution in [-0.2, 0) is 14.8 Å². The molecule has 0 spiro atoms. The molecule has 3 rings (SSSR count). The standard InChI is InChI=1S/C19H22N2O5S/c1-25-16-5-3-15(4-6-16)21-13-14(11-19(21)22)12-20-27(23,24)18-9-7-17(26-2)8-10-18/h3-10,14,20H,11-13H2,1-2H3/t14-/m0/s1. The lowest BCUT2D eigenvalue weighted by atomic mass is 10.1. The van der Waals surface area contributed by atoms with Crippen molar-refractivity contribution in [1.82, 2.24) is 4.72 Å². The van der Waals surface area contributed by atoms with Gasteiger partial charge in [-0.2, -0.15) is 0 Å². The third-order valence-electron chi connectivity index (χ3n) is 4.52. The van der Waals surface area contributed by atoms with Gasteiger partial charge >= 0.3 is 0 Å².